The van der Waals surface area contributed by atoms with Crippen LogP contribution in [0.4, 0.5) is 5.69 Å². The number of benzene rings is 1. The van der Waals surface area contributed by atoms with E-state index in [-0.39, 0.29) is 15.6 Å². The number of sulfonamides is 1. The van der Waals surface area contributed by atoms with Crippen LogP contribution in [0.2, 0.25) is 5.02 Å². The number of rotatable bonds is 7. The molecule has 3 N–H and O–H groups in total. The highest BCUT2D eigenvalue weighted by Gasteiger charge is 2.28. The molecule has 1 rings (SSSR count). The molecule has 0 atom stereocenters. The van der Waals surface area contributed by atoms with Crippen molar-refractivity contribution in [1.29, 1.82) is 0 Å². The largest absolute Gasteiger partial charge is 0.504 e. The molecule has 0 saturated carbocycles. The summed E-state index contributed by atoms with van der Waals surface area (Å²) in [6.45, 7) is 6.61. The van der Waals surface area contributed by atoms with E-state index in [4.69, 9.17) is 17.3 Å². The summed E-state index contributed by atoms with van der Waals surface area (Å²) in [7, 11) is -2.43. The molecule has 21 heavy (non-hydrogen) atoms. The molecule has 0 radical (unpaired) electrons. The first kappa shape index (κ1) is 18.0. The molecular formula is C13H22ClN3O3S. The Kier molecular flexibility index (Phi) is 6.27. The highest BCUT2D eigenvalue weighted by molar-refractivity contribution is 7.89. The van der Waals surface area contributed by atoms with Gasteiger partial charge in [-0.15, -0.1) is 0 Å². The van der Waals surface area contributed by atoms with Crippen LogP contribution in [0.15, 0.2) is 17.0 Å². The van der Waals surface area contributed by atoms with E-state index in [1.54, 1.807) is 0 Å². The number of hydrogen-bond donors (Lipinski definition) is 2. The Balaban J connectivity index is 3.03. The van der Waals surface area contributed by atoms with Crippen molar-refractivity contribution in [3.63, 3.8) is 0 Å². The SMILES string of the molecule is CCN(CC)CCN(C)S(=O)(=O)c1c(Cl)ccc(N)c1O. The van der Waals surface area contributed by atoms with Gasteiger partial charge in [0.15, 0.2) is 5.75 Å². The number of phenols is 1. The summed E-state index contributed by atoms with van der Waals surface area (Å²) in [6.07, 6.45) is 0. The fourth-order valence-electron chi connectivity index (χ4n) is 1.91. The second-order valence-electron chi connectivity index (χ2n) is 4.67. The molecule has 1 aromatic carbocycles. The van der Waals surface area contributed by atoms with Crippen LogP contribution in [0, 0.1) is 0 Å². The maximum absolute atomic E-state index is 12.5. The molecule has 0 aliphatic heterocycles. The zero-order valence-electron chi connectivity index (χ0n) is 12.5. The molecule has 120 valence electrons. The molecule has 0 aliphatic carbocycles. The summed E-state index contributed by atoms with van der Waals surface area (Å²) in [6, 6.07) is 2.73. The lowest BCUT2D eigenvalue weighted by Gasteiger charge is -2.23. The van der Waals surface area contributed by atoms with Crippen LogP contribution < -0.4 is 5.73 Å². The summed E-state index contributed by atoms with van der Waals surface area (Å²) in [5.74, 6) is -0.503. The fraction of sp³-hybridized carbons (Fsp3) is 0.538. The number of nitrogens with zero attached hydrogens (tertiary/aromatic N) is 2. The van der Waals surface area contributed by atoms with E-state index < -0.39 is 15.8 Å². The van der Waals surface area contributed by atoms with Crippen molar-refractivity contribution in [1.82, 2.24) is 9.21 Å². The minimum Gasteiger partial charge on any atom is -0.504 e. The van der Waals surface area contributed by atoms with Gasteiger partial charge in [-0.1, -0.05) is 25.4 Å². The van der Waals surface area contributed by atoms with Crippen LogP contribution in [0.1, 0.15) is 13.8 Å². The minimum absolute atomic E-state index is 0.0184. The summed E-state index contributed by atoms with van der Waals surface area (Å²) in [5, 5.41) is 9.86. The molecule has 0 bridgehead atoms. The van der Waals surface area contributed by atoms with Crippen molar-refractivity contribution in [2.45, 2.75) is 18.7 Å². The number of likely N-dealkylation sites (N-methyl/N-ethyl adjacent to an activating group) is 2. The number of nitrogen functional groups attached to an aromatic ring is 1. The van der Waals surface area contributed by atoms with Gasteiger partial charge in [-0.2, -0.15) is 4.31 Å². The van der Waals surface area contributed by atoms with Gasteiger partial charge in [-0.25, -0.2) is 8.42 Å². The van der Waals surface area contributed by atoms with Crippen molar-refractivity contribution in [3.05, 3.63) is 17.2 Å². The maximum Gasteiger partial charge on any atom is 0.248 e. The van der Waals surface area contributed by atoms with Gasteiger partial charge in [0, 0.05) is 20.1 Å². The van der Waals surface area contributed by atoms with Gasteiger partial charge >= 0.3 is 0 Å². The molecule has 0 fully saturated rings. The molecule has 8 heteroatoms. The average Bonchev–Trinajstić information content (AvgIpc) is 2.44. The fourth-order valence-corrected chi connectivity index (χ4v) is 3.66. The predicted molar refractivity (Wildman–Crippen MR) is 85.1 cm³/mol. The topological polar surface area (TPSA) is 86.9 Å². The molecule has 1 aromatic rings. The molecule has 0 aliphatic rings. The normalized spacial score (nSPS) is 12.3. The lowest BCUT2D eigenvalue weighted by Crippen LogP contribution is -2.36. The Morgan fingerprint density at radius 2 is 1.81 bits per heavy atom. The zero-order valence-corrected chi connectivity index (χ0v) is 14.1. The lowest BCUT2D eigenvalue weighted by molar-refractivity contribution is 0.282. The van der Waals surface area contributed by atoms with Gasteiger partial charge in [0.25, 0.3) is 0 Å². The summed E-state index contributed by atoms with van der Waals surface area (Å²) in [4.78, 5) is 1.76. The first-order valence-electron chi connectivity index (χ1n) is 6.71. The van der Waals surface area contributed by atoms with Gasteiger partial charge in [0.2, 0.25) is 10.0 Å². The van der Waals surface area contributed by atoms with Crippen molar-refractivity contribution in [2.24, 2.45) is 0 Å². The Labute approximate surface area is 131 Å². The molecule has 0 unspecified atom stereocenters. The van der Waals surface area contributed by atoms with E-state index in [1.165, 1.54) is 23.5 Å². The van der Waals surface area contributed by atoms with E-state index in [0.29, 0.717) is 13.1 Å². The molecule has 0 aromatic heterocycles. The van der Waals surface area contributed by atoms with Gasteiger partial charge in [-0.3, -0.25) is 0 Å². The predicted octanol–water partition coefficient (Wildman–Crippen LogP) is 1.59. The number of hydrogen-bond acceptors (Lipinski definition) is 5. The first-order valence-corrected chi connectivity index (χ1v) is 8.53. The number of halogens is 1. The summed E-state index contributed by atoms with van der Waals surface area (Å²) >= 11 is 5.92. The molecule has 0 heterocycles. The highest BCUT2D eigenvalue weighted by Crippen LogP contribution is 2.36. The van der Waals surface area contributed by atoms with E-state index in [9.17, 15) is 13.5 Å². The van der Waals surface area contributed by atoms with Crippen molar-refractivity contribution in [2.75, 3.05) is 39.0 Å². The number of phenolic OH excluding ortho intramolecular Hbond substituents is 1. The molecular weight excluding hydrogens is 314 g/mol. The molecule has 0 saturated heterocycles. The molecule has 0 spiro atoms. The highest BCUT2D eigenvalue weighted by atomic mass is 35.5. The number of nitrogens with two attached hydrogens (primary N) is 1. The first-order chi connectivity index (χ1) is 9.75. The van der Waals surface area contributed by atoms with Gasteiger partial charge < -0.3 is 15.7 Å². The van der Waals surface area contributed by atoms with E-state index in [0.717, 1.165) is 13.1 Å². The van der Waals surface area contributed by atoms with Crippen LogP contribution in [0.25, 0.3) is 0 Å². The zero-order chi connectivity index (χ0) is 16.2. The van der Waals surface area contributed by atoms with Crippen molar-refractivity contribution < 1.29 is 13.5 Å². The Morgan fingerprint density at radius 3 is 2.33 bits per heavy atom. The van der Waals surface area contributed by atoms with E-state index in [1.807, 2.05) is 13.8 Å². The Morgan fingerprint density at radius 1 is 1.24 bits per heavy atom. The summed E-state index contributed by atoms with van der Waals surface area (Å²) < 4.78 is 26.2. The van der Waals surface area contributed by atoms with E-state index >= 15 is 0 Å². The lowest BCUT2D eigenvalue weighted by atomic mass is 10.3. The van der Waals surface area contributed by atoms with Gasteiger partial charge in [0.1, 0.15) is 4.90 Å². The molecule has 6 nitrogen and oxygen atoms in total. The average molecular weight is 336 g/mol. The van der Waals surface area contributed by atoms with E-state index in [2.05, 4.69) is 4.90 Å². The third-order valence-electron chi connectivity index (χ3n) is 3.41. The Bertz CT molecular complexity index is 589. The minimum atomic E-state index is -3.89. The quantitative estimate of drug-likeness (QED) is 0.583. The monoisotopic (exact) mass is 335 g/mol. The third kappa shape index (κ3) is 4.00. The number of aromatic hydroxyl groups is 1. The standard InChI is InChI=1S/C13H22ClN3O3S/c1-4-17(5-2)9-8-16(3)21(19,20)13-10(14)6-7-11(15)12(13)18/h6-7,18H,4-5,8-9,15H2,1-3H3. The summed E-state index contributed by atoms with van der Waals surface area (Å²) in [5.41, 5.74) is 5.53. The molecule has 0 amide bonds. The van der Waals surface area contributed by atoms with Gasteiger partial charge in [0.05, 0.1) is 10.7 Å². The third-order valence-corrected chi connectivity index (χ3v) is 5.77. The van der Waals surface area contributed by atoms with Crippen LogP contribution in [-0.2, 0) is 10.0 Å². The van der Waals surface area contributed by atoms with Crippen LogP contribution in [0.5, 0.6) is 5.75 Å². The van der Waals surface area contributed by atoms with Crippen molar-refractivity contribution in [3.8, 4) is 5.75 Å². The second-order valence-corrected chi connectivity index (χ2v) is 7.06. The Hall–Kier alpha value is -1.02. The van der Waals surface area contributed by atoms with Crippen LogP contribution in [-0.4, -0.2) is 56.0 Å². The maximum atomic E-state index is 12.5. The van der Waals surface area contributed by atoms with Crippen LogP contribution >= 0.6 is 11.6 Å². The van der Waals surface area contributed by atoms with Crippen molar-refractivity contribution >= 4 is 27.3 Å². The smallest absolute Gasteiger partial charge is 0.248 e. The second kappa shape index (κ2) is 7.31. The van der Waals surface area contributed by atoms with Gasteiger partial charge in [-0.05, 0) is 25.2 Å². The number of anilines is 1. The van der Waals surface area contributed by atoms with Crippen LogP contribution in [0.3, 0.4) is 0 Å².